The summed E-state index contributed by atoms with van der Waals surface area (Å²) in [4.78, 5) is 21.5. The Balaban J connectivity index is 1.54. The van der Waals surface area contributed by atoms with E-state index in [-0.39, 0.29) is 54.5 Å². The molecule has 0 radical (unpaired) electrons. The number of carbonyl (C=O) groups excluding carboxylic acids is 1. The monoisotopic (exact) mass is 578 g/mol. The number of esters is 1. The molecule has 0 amide bonds. The number of halogens is 1. The highest BCUT2D eigenvalue weighted by molar-refractivity contribution is 6.31. The zero-order valence-electron chi connectivity index (χ0n) is 24.0. The quantitative estimate of drug-likeness (QED) is 0.0979. The topological polar surface area (TPSA) is 103 Å². The Morgan fingerprint density at radius 3 is 2.44 bits per heavy atom. The first-order chi connectivity index (χ1) is 19.5. The van der Waals surface area contributed by atoms with Crippen molar-refractivity contribution in [3.8, 4) is 29.5 Å². The van der Waals surface area contributed by atoms with E-state index in [1.807, 2.05) is 28.8 Å². The molecule has 2 aromatic carbocycles. The standard InChI is InChI=1S/C32H35ClN2O6/c1-6-38-27(36)16-18-40-39-17-10-9-13-26-23-11-7-8-12-24(23)28(37)35(26)29-31(2,3)30(32(29,4)5)41-22-15-14-21(20-34)25(33)19-22/h7-8,11-12,14-15,19,29-30,37H,6,13,16-18H2,1-5H3. The molecule has 1 N–H and O–H groups in total. The number of nitrogens with zero attached hydrogens (tertiary/aromatic N) is 2. The molecule has 0 bridgehead atoms. The first-order valence-electron chi connectivity index (χ1n) is 13.6. The minimum atomic E-state index is -0.381. The fourth-order valence-corrected chi connectivity index (χ4v) is 6.55. The summed E-state index contributed by atoms with van der Waals surface area (Å²) in [7, 11) is 0. The highest BCUT2D eigenvalue weighted by atomic mass is 35.5. The molecule has 1 aliphatic rings. The molecule has 1 aliphatic carbocycles. The Labute approximate surface area is 245 Å². The maximum Gasteiger partial charge on any atom is 0.308 e. The van der Waals surface area contributed by atoms with Gasteiger partial charge >= 0.3 is 5.97 Å². The van der Waals surface area contributed by atoms with Gasteiger partial charge in [-0.2, -0.15) is 5.26 Å². The normalized spacial score (nSPS) is 18.6. The van der Waals surface area contributed by atoms with Gasteiger partial charge in [0, 0.05) is 33.4 Å². The number of fused-ring (bicyclic) bond motifs is 1. The van der Waals surface area contributed by atoms with Crippen LogP contribution in [0.15, 0.2) is 42.5 Å². The Kier molecular flexibility index (Phi) is 9.19. The lowest BCUT2D eigenvalue weighted by molar-refractivity contribution is -0.284. The van der Waals surface area contributed by atoms with Crippen molar-refractivity contribution >= 4 is 28.3 Å². The average Bonchev–Trinajstić information content (AvgIpc) is 3.19. The number of nitriles is 1. The van der Waals surface area contributed by atoms with Gasteiger partial charge in [0.1, 0.15) is 24.5 Å². The highest BCUT2D eigenvalue weighted by Gasteiger charge is 2.65. The number of rotatable bonds is 10. The van der Waals surface area contributed by atoms with E-state index in [0.717, 1.165) is 16.5 Å². The zero-order chi connectivity index (χ0) is 29.8. The minimum absolute atomic E-state index is 0.0386. The molecule has 9 heteroatoms. The van der Waals surface area contributed by atoms with Crippen LogP contribution in [0.1, 0.15) is 58.3 Å². The molecule has 3 aromatic rings. The second-order valence-electron chi connectivity index (χ2n) is 11.2. The van der Waals surface area contributed by atoms with Gasteiger partial charge in [-0.3, -0.25) is 4.79 Å². The van der Waals surface area contributed by atoms with Crippen LogP contribution in [0.3, 0.4) is 0 Å². The molecule has 1 aromatic heterocycles. The van der Waals surface area contributed by atoms with Crippen LogP contribution >= 0.6 is 11.6 Å². The molecule has 4 rings (SSSR count). The fraction of sp³-hybridized carbons (Fsp3) is 0.438. The first-order valence-corrected chi connectivity index (χ1v) is 13.9. The van der Waals surface area contributed by atoms with Gasteiger partial charge in [-0.1, -0.05) is 69.3 Å². The van der Waals surface area contributed by atoms with Crippen LogP contribution in [-0.4, -0.2) is 41.6 Å². The van der Waals surface area contributed by atoms with Crippen molar-refractivity contribution in [3.05, 3.63) is 58.7 Å². The number of hydrogen-bond acceptors (Lipinski definition) is 7. The van der Waals surface area contributed by atoms with Crippen LogP contribution in [0.5, 0.6) is 11.6 Å². The number of benzene rings is 2. The third-order valence-corrected chi connectivity index (χ3v) is 7.93. The second-order valence-corrected chi connectivity index (χ2v) is 11.6. The summed E-state index contributed by atoms with van der Waals surface area (Å²) in [6.45, 7) is 10.7. The average molecular weight is 579 g/mol. The predicted molar refractivity (Wildman–Crippen MR) is 155 cm³/mol. The Morgan fingerprint density at radius 2 is 1.78 bits per heavy atom. The van der Waals surface area contributed by atoms with Crippen molar-refractivity contribution in [2.75, 3.05) is 19.8 Å². The summed E-state index contributed by atoms with van der Waals surface area (Å²) < 4.78 is 13.3. The lowest BCUT2D eigenvalue weighted by Crippen LogP contribution is -2.66. The van der Waals surface area contributed by atoms with Crippen molar-refractivity contribution < 1.29 is 29.1 Å². The Bertz CT molecular complexity index is 1510. The zero-order valence-corrected chi connectivity index (χ0v) is 24.7. The van der Waals surface area contributed by atoms with E-state index >= 15 is 0 Å². The van der Waals surface area contributed by atoms with Crippen molar-refractivity contribution in [2.45, 2.75) is 59.6 Å². The summed E-state index contributed by atoms with van der Waals surface area (Å²) in [5.74, 6) is 6.54. The van der Waals surface area contributed by atoms with Crippen LogP contribution in [0.25, 0.3) is 10.8 Å². The molecular weight excluding hydrogens is 544 g/mol. The molecule has 1 fully saturated rings. The third-order valence-electron chi connectivity index (χ3n) is 7.62. The number of ether oxygens (including phenoxy) is 2. The van der Waals surface area contributed by atoms with E-state index in [0.29, 0.717) is 29.4 Å². The van der Waals surface area contributed by atoms with Gasteiger partial charge in [-0.25, -0.2) is 9.78 Å². The third kappa shape index (κ3) is 6.01. The van der Waals surface area contributed by atoms with Gasteiger partial charge in [0.25, 0.3) is 0 Å². The molecule has 0 aliphatic heterocycles. The summed E-state index contributed by atoms with van der Waals surface area (Å²) in [5.41, 5.74) is 0.537. The van der Waals surface area contributed by atoms with E-state index in [9.17, 15) is 15.2 Å². The fourth-order valence-electron chi connectivity index (χ4n) is 6.33. The summed E-state index contributed by atoms with van der Waals surface area (Å²) in [6, 6.07) is 14.8. The first kappa shape index (κ1) is 30.3. The van der Waals surface area contributed by atoms with Gasteiger partial charge in [0.15, 0.2) is 5.88 Å². The van der Waals surface area contributed by atoms with E-state index in [1.165, 1.54) is 0 Å². The van der Waals surface area contributed by atoms with Gasteiger partial charge in [0.2, 0.25) is 0 Å². The minimum Gasteiger partial charge on any atom is -0.494 e. The van der Waals surface area contributed by atoms with Crippen molar-refractivity contribution in [2.24, 2.45) is 10.8 Å². The van der Waals surface area contributed by atoms with Crippen molar-refractivity contribution in [1.29, 1.82) is 5.26 Å². The lowest BCUT2D eigenvalue weighted by atomic mass is 9.49. The molecule has 0 atom stereocenters. The highest BCUT2D eigenvalue weighted by Crippen LogP contribution is 2.64. The van der Waals surface area contributed by atoms with E-state index in [4.69, 9.17) is 30.8 Å². The largest absolute Gasteiger partial charge is 0.494 e. The van der Waals surface area contributed by atoms with E-state index < -0.39 is 0 Å². The van der Waals surface area contributed by atoms with Crippen LogP contribution in [0.4, 0.5) is 0 Å². The number of hydrogen-bond donors (Lipinski definition) is 1. The number of aromatic hydroxyl groups is 1. The van der Waals surface area contributed by atoms with Gasteiger partial charge < -0.3 is 19.1 Å². The molecule has 0 spiro atoms. The van der Waals surface area contributed by atoms with Crippen LogP contribution in [-0.2, 0) is 25.7 Å². The second kappa shape index (κ2) is 12.4. The smallest absolute Gasteiger partial charge is 0.308 e. The van der Waals surface area contributed by atoms with Crippen LogP contribution in [0, 0.1) is 34.0 Å². The van der Waals surface area contributed by atoms with Crippen molar-refractivity contribution in [3.63, 3.8) is 0 Å². The molecule has 8 nitrogen and oxygen atoms in total. The molecule has 1 saturated carbocycles. The Hall–Kier alpha value is -3.69. The van der Waals surface area contributed by atoms with Gasteiger partial charge in [-0.15, -0.1) is 0 Å². The predicted octanol–water partition coefficient (Wildman–Crippen LogP) is 6.37. The Morgan fingerprint density at radius 1 is 1.07 bits per heavy atom. The molecule has 41 heavy (non-hydrogen) atoms. The lowest BCUT2D eigenvalue weighted by Gasteiger charge is -2.63. The summed E-state index contributed by atoms with van der Waals surface area (Å²) in [5, 5.41) is 22.7. The molecule has 216 valence electrons. The summed E-state index contributed by atoms with van der Waals surface area (Å²) in [6.07, 6.45) is 0.288. The maximum absolute atomic E-state index is 11.5. The summed E-state index contributed by atoms with van der Waals surface area (Å²) >= 11 is 6.26. The van der Waals surface area contributed by atoms with E-state index in [1.54, 1.807) is 25.1 Å². The van der Waals surface area contributed by atoms with Crippen molar-refractivity contribution in [1.82, 2.24) is 4.57 Å². The number of carbonyl (C=O) groups is 1. The maximum atomic E-state index is 11.5. The van der Waals surface area contributed by atoms with E-state index in [2.05, 4.69) is 45.6 Å². The number of aromatic nitrogens is 1. The molecule has 1 heterocycles. The van der Waals surface area contributed by atoms with Gasteiger partial charge in [0.05, 0.1) is 42.7 Å². The van der Waals surface area contributed by atoms with Crippen LogP contribution in [0.2, 0.25) is 5.02 Å². The van der Waals surface area contributed by atoms with Gasteiger partial charge in [-0.05, 0) is 25.1 Å². The van der Waals surface area contributed by atoms with Crippen LogP contribution < -0.4 is 4.74 Å². The molecule has 0 unspecified atom stereocenters. The SMILES string of the molecule is CCOC(=O)CCOOCC#CCc1c2ccccc2c(O)n1C1C(C)(C)C(Oc2ccc(C#N)c(Cl)c2)C1(C)C. The molecular formula is C32H35ClN2O6. The molecule has 0 saturated heterocycles.